The Morgan fingerprint density at radius 2 is 2.00 bits per heavy atom. The van der Waals surface area contributed by atoms with Crippen LogP contribution in [0.3, 0.4) is 0 Å². The van der Waals surface area contributed by atoms with E-state index in [1.165, 1.54) is 23.6 Å². The largest absolute Gasteiger partial charge is 0.494 e. The molecule has 1 aromatic carbocycles. The van der Waals surface area contributed by atoms with E-state index in [0.717, 1.165) is 31.3 Å². The van der Waals surface area contributed by atoms with Crippen LogP contribution in [0.4, 0.5) is 0 Å². The summed E-state index contributed by atoms with van der Waals surface area (Å²) in [7, 11) is -5.14. The van der Waals surface area contributed by atoms with Crippen LogP contribution in [-0.4, -0.2) is 31.0 Å². The molecule has 2 aromatic heterocycles. The highest BCUT2D eigenvalue weighted by Gasteiger charge is 2.40. The Balaban J connectivity index is 1.85. The van der Waals surface area contributed by atoms with Crippen molar-refractivity contribution in [1.29, 1.82) is 0 Å². The number of thiophene rings is 2. The first-order valence-corrected chi connectivity index (χ1v) is 9.54. The second-order valence-corrected chi connectivity index (χ2v) is 8.76. The number of fused-ring (bicyclic) bond motifs is 3. The zero-order chi connectivity index (χ0) is 15.3. The number of rotatable bonds is 2. The topological polar surface area (TPSA) is 70.0 Å². The first-order chi connectivity index (χ1) is 10.6. The summed E-state index contributed by atoms with van der Waals surface area (Å²) in [5.41, 5.74) is 0.783. The van der Waals surface area contributed by atoms with Gasteiger partial charge < -0.3 is 5.02 Å². The third-order valence-electron chi connectivity index (χ3n) is 3.40. The number of nitrogens with zero attached hydrogens (tertiary/aromatic N) is 2. The summed E-state index contributed by atoms with van der Waals surface area (Å²) in [6.45, 7) is 0. The first kappa shape index (κ1) is 14.0. The molecule has 0 fully saturated rings. The quantitative estimate of drug-likeness (QED) is 0.717. The van der Waals surface area contributed by atoms with Gasteiger partial charge in [0.1, 0.15) is 4.21 Å². The Morgan fingerprint density at radius 3 is 2.77 bits per heavy atom. The molecular formula is C13H9BN2O3S3. The molecule has 0 atom stereocenters. The molecule has 1 N–H and O–H groups in total. The monoisotopic (exact) mass is 348 g/mol. The third-order valence-corrected chi connectivity index (χ3v) is 7.64. The predicted molar refractivity (Wildman–Crippen MR) is 90.4 cm³/mol. The van der Waals surface area contributed by atoms with Crippen LogP contribution in [0.1, 0.15) is 5.56 Å². The average molecular weight is 348 g/mol. The van der Waals surface area contributed by atoms with Crippen LogP contribution in [0, 0.1) is 0 Å². The second-order valence-electron chi connectivity index (χ2n) is 4.70. The number of hydrogen-bond donors (Lipinski definition) is 1. The maximum absolute atomic E-state index is 12.6. The molecule has 5 nitrogen and oxygen atoms in total. The fourth-order valence-corrected chi connectivity index (χ4v) is 5.90. The molecule has 0 amide bonds. The molecule has 0 radical (unpaired) electrons. The van der Waals surface area contributed by atoms with Gasteiger partial charge in [-0.05, 0) is 17.5 Å². The Kier molecular flexibility index (Phi) is 3.12. The minimum absolute atomic E-state index is 0.160. The van der Waals surface area contributed by atoms with Crippen LogP contribution in [0.25, 0.3) is 10.1 Å². The molecule has 0 aliphatic carbocycles. The lowest BCUT2D eigenvalue weighted by Gasteiger charge is -2.23. The Morgan fingerprint density at radius 1 is 1.18 bits per heavy atom. The fraction of sp³-hybridized carbons (Fsp3) is 0. The van der Waals surface area contributed by atoms with E-state index < -0.39 is 17.1 Å². The normalized spacial score (nSPS) is 14.6. The lowest BCUT2D eigenvalue weighted by atomic mass is 9.79. The predicted octanol–water partition coefficient (Wildman–Crippen LogP) is 1.69. The van der Waals surface area contributed by atoms with E-state index in [2.05, 4.69) is 5.10 Å². The van der Waals surface area contributed by atoms with Crippen molar-refractivity contribution in [2.24, 2.45) is 5.10 Å². The molecule has 0 saturated heterocycles. The highest BCUT2D eigenvalue weighted by Crippen LogP contribution is 2.28. The zero-order valence-electron chi connectivity index (χ0n) is 11.1. The first-order valence-electron chi connectivity index (χ1n) is 6.40. The van der Waals surface area contributed by atoms with E-state index in [9.17, 15) is 13.4 Å². The van der Waals surface area contributed by atoms with Gasteiger partial charge in [-0.15, -0.1) is 22.7 Å². The van der Waals surface area contributed by atoms with Crippen LogP contribution in [0.15, 0.2) is 51.1 Å². The van der Waals surface area contributed by atoms with Gasteiger partial charge in [-0.1, -0.05) is 24.3 Å². The average Bonchev–Trinajstić information content (AvgIpc) is 3.15. The molecule has 1 aliphatic heterocycles. The smallest absolute Gasteiger partial charge is 0.426 e. The molecule has 0 spiro atoms. The van der Waals surface area contributed by atoms with Crippen molar-refractivity contribution in [3.05, 3.63) is 47.3 Å². The minimum atomic E-state index is -3.84. The van der Waals surface area contributed by atoms with Gasteiger partial charge in [0.15, 0.2) is 0 Å². The van der Waals surface area contributed by atoms with Crippen molar-refractivity contribution in [2.75, 3.05) is 0 Å². The van der Waals surface area contributed by atoms with E-state index >= 15 is 0 Å². The molecule has 3 aromatic rings. The molecule has 1 aliphatic rings. The lowest BCUT2D eigenvalue weighted by Crippen LogP contribution is -2.50. The highest BCUT2D eigenvalue weighted by molar-refractivity contribution is 7.92. The molecule has 0 bridgehead atoms. The van der Waals surface area contributed by atoms with Crippen LogP contribution in [0.5, 0.6) is 0 Å². The number of hydrogen-bond acceptors (Lipinski definition) is 6. The summed E-state index contributed by atoms with van der Waals surface area (Å²) < 4.78 is 27.6. The Labute approximate surface area is 135 Å². The molecule has 9 heteroatoms. The van der Waals surface area contributed by atoms with Crippen LogP contribution >= 0.6 is 22.7 Å². The lowest BCUT2D eigenvalue weighted by molar-refractivity contribution is 0.478. The maximum atomic E-state index is 12.6. The van der Waals surface area contributed by atoms with E-state index in [1.54, 1.807) is 11.4 Å². The Bertz CT molecular complexity index is 979. The molecule has 0 saturated carbocycles. The van der Waals surface area contributed by atoms with E-state index in [0.29, 0.717) is 4.78 Å². The van der Waals surface area contributed by atoms with E-state index in [1.807, 2.05) is 24.3 Å². The SMILES string of the molecule is O=S(=O)(c1cccs1)N1N=Cc2c(sc3ccccc23)B1O. The minimum Gasteiger partial charge on any atom is -0.426 e. The van der Waals surface area contributed by atoms with Crippen molar-refractivity contribution < 1.29 is 13.4 Å². The second kappa shape index (κ2) is 4.92. The van der Waals surface area contributed by atoms with Crippen LogP contribution in [-0.2, 0) is 10.0 Å². The van der Waals surface area contributed by atoms with E-state index in [4.69, 9.17) is 0 Å². The standard InChI is InChI=1S/C13H9BN2O3S3/c17-14-13-10(9-4-1-2-5-11(9)21-13)8-15-16(14)22(18,19)12-6-3-7-20-12/h1-8,17H. The molecule has 110 valence electrons. The summed E-state index contributed by atoms with van der Waals surface area (Å²) >= 11 is 2.48. The molecule has 22 heavy (non-hydrogen) atoms. The fourth-order valence-electron chi connectivity index (χ4n) is 2.38. The summed E-state index contributed by atoms with van der Waals surface area (Å²) in [6.07, 6.45) is 1.51. The molecule has 4 rings (SSSR count). The van der Waals surface area contributed by atoms with E-state index in [-0.39, 0.29) is 4.21 Å². The van der Waals surface area contributed by atoms with Crippen molar-refractivity contribution >= 4 is 60.8 Å². The summed E-state index contributed by atoms with van der Waals surface area (Å²) in [4.78, 5) is 0. The van der Waals surface area contributed by atoms with Gasteiger partial charge in [0, 0.05) is 20.4 Å². The maximum Gasteiger partial charge on any atom is 0.494 e. The summed E-state index contributed by atoms with van der Waals surface area (Å²) in [5, 5.41) is 17.1. The van der Waals surface area contributed by atoms with Gasteiger partial charge in [0.25, 0.3) is 10.0 Å². The van der Waals surface area contributed by atoms with Crippen LogP contribution in [0.2, 0.25) is 0 Å². The zero-order valence-corrected chi connectivity index (χ0v) is 13.5. The van der Waals surface area contributed by atoms with Gasteiger partial charge >= 0.3 is 7.05 Å². The number of sulfonamides is 1. The summed E-state index contributed by atoms with van der Waals surface area (Å²) in [5.74, 6) is 0. The molecule has 3 heterocycles. The van der Waals surface area contributed by atoms with Gasteiger partial charge in [-0.3, -0.25) is 0 Å². The van der Waals surface area contributed by atoms with Gasteiger partial charge in [-0.2, -0.15) is 17.8 Å². The van der Waals surface area contributed by atoms with Crippen molar-refractivity contribution in [2.45, 2.75) is 4.21 Å². The van der Waals surface area contributed by atoms with Crippen molar-refractivity contribution in [1.82, 2.24) is 4.33 Å². The van der Waals surface area contributed by atoms with Gasteiger partial charge in [0.2, 0.25) is 0 Å². The van der Waals surface area contributed by atoms with Crippen molar-refractivity contribution in [3.63, 3.8) is 0 Å². The summed E-state index contributed by atoms with van der Waals surface area (Å²) in [6, 6.07) is 10.9. The number of hydrazone groups is 1. The molecule has 0 unspecified atom stereocenters. The van der Waals surface area contributed by atoms with Gasteiger partial charge in [-0.25, -0.2) is 0 Å². The molecular weight excluding hydrogens is 339 g/mol. The highest BCUT2D eigenvalue weighted by atomic mass is 32.2. The third kappa shape index (κ3) is 1.93. The van der Waals surface area contributed by atoms with Gasteiger partial charge in [0.05, 0.1) is 6.21 Å². The van der Waals surface area contributed by atoms with Crippen LogP contribution < -0.4 is 4.78 Å². The number of benzene rings is 1. The Hall–Kier alpha value is -1.68. The van der Waals surface area contributed by atoms with Crippen molar-refractivity contribution in [3.8, 4) is 0 Å².